The number of aryl methyl sites for hydroxylation is 1. The molecule has 3 aromatic rings. The highest BCUT2D eigenvalue weighted by Crippen LogP contribution is 2.28. The summed E-state index contributed by atoms with van der Waals surface area (Å²) < 4.78 is 7.26. The lowest BCUT2D eigenvalue weighted by molar-refractivity contribution is -0.120. The zero-order valence-corrected chi connectivity index (χ0v) is 18.7. The lowest BCUT2D eigenvalue weighted by Gasteiger charge is -2.24. The van der Waals surface area contributed by atoms with Gasteiger partial charge in [-0.25, -0.2) is 4.68 Å². The van der Waals surface area contributed by atoms with Crippen LogP contribution in [0.25, 0.3) is 5.69 Å². The molecule has 158 valence electrons. The van der Waals surface area contributed by atoms with E-state index < -0.39 is 0 Å². The Morgan fingerprint density at radius 3 is 2.60 bits per heavy atom. The summed E-state index contributed by atoms with van der Waals surface area (Å²) in [7, 11) is 3.49. The fourth-order valence-electron chi connectivity index (χ4n) is 3.33. The number of methoxy groups -OCH3 is 1. The summed E-state index contributed by atoms with van der Waals surface area (Å²) >= 11 is 6.07. The van der Waals surface area contributed by atoms with E-state index in [4.69, 9.17) is 21.4 Å². The van der Waals surface area contributed by atoms with E-state index in [1.807, 2.05) is 60.8 Å². The van der Waals surface area contributed by atoms with Gasteiger partial charge < -0.3 is 10.1 Å². The molecule has 7 heteroatoms. The van der Waals surface area contributed by atoms with Crippen molar-refractivity contribution in [1.82, 2.24) is 14.7 Å². The average molecular weight is 427 g/mol. The van der Waals surface area contributed by atoms with E-state index in [1.54, 1.807) is 25.3 Å². The van der Waals surface area contributed by atoms with Crippen LogP contribution in [0.2, 0.25) is 5.02 Å². The lowest BCUT2D eigenvalue weighted by atomic mass is 10.1. The minimum Gasteiger partial charge on any atom is -0.495 e. The highest BCUT2D eigenvalue weighted by atomic mass is 35.5. The van der Waals surface area contributed by atoms with Gasteiger partial charge in [-0.15, -0.1) is 0 Å². The Bertz CT molecular complexity index is 1030. The molecule has 1 N–H and O–H groups in total. The van der Waals surface area contributed by atoms with Crippen molar-refractivity contribution in [3.8, 4) is 11.4 Å². The van der Waals surface area contributed by atoms with Crippen molar-refractivity contribution in [1.29, 1.82) is 0 Å². The first-order valence-corrected chi connectivity index (χ1v) is 10.1. The van der Waals surface area contributed by atoms with Crippen LogP contribution >= 0.6 is 11.6 Å². The topological polar surface area (TPSA) is 59.4 Å². The molecule has 1 atom stereocenters. The molecule has 0 aliphatic rings. The van der Waals surface area contributed by atoms with Gasteiger partial charge in [0.15, 0.2) is 0 Å². The molecule has 0 fully saturated rings. The normalized spacial score (nSPS) is 12.1. The molecule has 0 aliphatic carbocycles. The standard InChI is InChI=1S/C23H27ClN4O2/c1-15-20(16(2)28(26-15)19-9-7-6-8-10-19)14-27(4)17(3)23(29)25-21-13-18(24)11-12-22(21)30-5/h6-13,17H,14H2,1-5H3,(H,25,29)/t17-/m0/s1. The number of hydrogen-bond donors (Lipinski definition) is 1. The van der Waals surface area contributed by atoms with E-state index in [1.165, 1.54) is 0 Å². The minimum absolute atomic E-state index is 0.135. The first kappa shape index (κ1) is 21.9. The molecule has 0 saturated heterocycles. The Hall–Kier alpha value is -2.83. The van der Waals surface area contributed by atoms with Gasteiger partial charge in [0.25, 0.3) is 0 Å². The summed E-state index contributed by atoms with van der Waals surface area (Å²) in [5.74, 6) is 0.433. The van der Waals surface area contributed by atoms with Crippen molar-refractivity contribution in [2.45, 2.75) is 33.4 Å². The SMILES string of the molecule is COc1ccc(Cl)cc1NC(=O)[C@H](C)N(C)Cc1c(C)nn(-c2ccccc2)c1C. The number of nitrogens with zero attached hydrogens (tertiary/aromatic N) is 3. The number of carbonyl (C=O) groups excluding carboxylic acids is 1. The molecule has 0 aliphatic heterocycles. The quantitative estimate of drug-likeness (QED) is 0.599. The number of anilines is 1. The Morgan fingerprint density at radius 1 is 1.23 bits per heavy atom. The molecule has 0 unspecified atom stereocenters. The van der Waals surface area contributed by atoms with Gasteiger partial charge in [-0.3, -0.25) is 9.69 Å². The summed E-state index contributed by atoms with van der Waals surface area (Å²) in [5.41, 5.74) is 4.70. The fraction of sp³-hybridized carbons (Fsp3) is 0.304. The Morgan fingerprint density at radius 2 is 1.93 bits per heavy atom. The van der Waals surface area contributed by atoms with Crippen molar-refractivity contribution in [2.24, 2.45) is 0 Å². The van der Waals surface area contributed by atoms with Crippen LogP contribution in [0.15, 0.2) is 48.5 Å². The third kappa shape index (κ3) is 4.66. The maximum Gasteiger partial charge on any atom is 0.241 e. The van der Waals surface area contributed by atoms with Gasteiger partial charge in [0, 0.05) is 22.8 Å². The summed E-state index contributed by atoms with van der Waals surface area (Å²) in [6, 6.07) is 14.8. The van der Waals surface area contributed by atoms with E-state index in [0.29, 0.717) is 23.0 Å². The molecule has 6 nitrogen and oxygen atoms in total. The van der Waals surface area contributed by atoms with Crippen LogP contribution in [0.1, 0.15) is 23.9 Å². The van der Waals surface area contributed by atoms with Gasteiger partial charge in [-0.1, -0.05) is 29.8 Å². The summed E-state index contributed by atoms with van der Waals surface area (Å²) in [5, 5.41) is 8.15. The third-order valence-electron chi connectivity index (χ3n) is 5.31. The fourth-order valence-corrected chi connectivity index (χ4v) is 3.50. The second-order valence-electron chi connectivity index (χ2n) is 7.32. The van der Waals surface area contributed by atoms with Crippen LogP contribution in [-0.4, -0.2) is 40.8 Å². The Kier molecular flexibility index (Phi) is 6.80. The third-order valence-corrected chi connectivity index (χ3v) is 5.54. The van der Waals surface area contributed by atoms with Crippen LogP contribution in [0.4, 0.5) is 5.69 Å². The van der Waals surface area contributed by atoms with Crippen molar-refractivity contribution in [2.75, 3.05) is 19.5 Å². The predicted octanol–water partition coefficient (Wildman–Crippen LogP) is 4.61. The number of halogens is 1. The second-order valence-corrected chi connectivity index (χ2v) is 7.76. The first-order chi connectivity index (χ1) is 14.3. The number of amides is 1. The largest absolute Gasteiger partial charge is 0.495 e. The van der Waals surface area contributed by atoms with Crippen LogP contribution in [0.5, 0.6) is 5.75 Å². The van der Waals surface area contributed by atoms with Crippen molar-refractivity contribution in [3.63, 3.8) is 0 Å². The number of nitrogens with one attached hydrogen (secondary N) is 1. The smallest absolute Gasteiger partial charge is 0.241 e. The maximum atomic E-state index is 12.8. The van der Waals surface area contributed by atoms with Gasteiger partial charge in [0.2, 0.25) is 5.91 Å². The summed E-state index contributed by atoms with van der Waals surface area (Å²) in [6.45, 7) is 6.53. The highest BCUT2D eigenvalue weighted by Gasteiger charge is 2.22. The molecule has 3 rings (SSSR count). The number of ether oxygens (including phenoxy) is 1. The molecular weight excluding hydrogens is 400 g/mol. The zero-order valence-electron chi connectivity index (χ0n) is 17.9. The first-order valence-electron chi connectivity index (χ1n) is 9.77. The molecule has 0 spiro atoms. The molecule has 0 saturated carbocycles. The molecular formula is C23H27ClN4O2. The number of hydrogen-bond acceptors (Lipinski definition) is 4. The number of rotatable bonds is 7. The average Bonchev–Trinajstić information content (AvgIpc) is 3.02. The van der Waals surface area contributed by atoms with E-state index in [-0.39, 0.29) is 11.9 Å². The summed E-state index contributed by atoms with van der Waals surface area (Å²) in [4.78, 5) is 14.8. The van der Waals surface area contributed by atoms with Crippen LogP contribution < -0.4 is 10.1 Å². The van der Waals surface area contributed by atoms with Gasteiger partial charge >= 0.3 is 0 Å². The predicted molar refractivity (Wildman–Crippen MR) is 121 cm³/mol. The van der Waals surface area contributed by atoms with Gasteiger partial charge in [-0.05, 0) is 58.2 Å². The van der Waals surface area contributed by atoms with Crippen molar-refractivity contribution in [3.05, 3.63) is 70.5 Å². The molecule has 0 bridgehead atoms. The zero-order chi connectivity index (χ0) is 21.8. The van der Waals surface area contributed by atoms with Gasteiger partial charge in [0.05, 0.1) is 30.2 Å². The molecule has 1 heterocycles. The van der Waals surface area contributed by atoms with Crippen LogP contribution in [0, 0.1) is 13.8 Å². The van der Waals surface area contributed by atoms with Gasteiger partial charge in [-0.2, -0.15) is 5.10 Å². The number of carbonyl (C=O) groups is 1. The van der Waals surface area contributed by atoms with E-state index in [2.05, 4.69) is 12.2 Å². The number of para-hydroxylation sites is 1. The number of likely N-dealkylation sites (N-methyl/N-ethyl adjacent to an activating group) is 1. The Labute approximate surface area is 182 Å². The molecule has 2 aromatic carbocycles. The minimum atomic E-state index is -0.368. The van der Waals surface area contributed by atoms with E-state index >= 15 is 0 Å². The van der Waals surface area contributed by atoms with Gasteiger partial charge in [0.1, 0.15) is 5.75 Å². The second kappa shape index (κ2) is 9.32. The molecule has 1 aromatic heterocycles. The van der Waals surface area contributed by atoms with E-state index in [9.17, 15) is 4.79 Å². The van der Waals surface area contributed by atoms with E-state index in [0.717, 1.165) is 22.6 Å². The van der Waals surface area contributed by atoms with Crippen molar-refractivity contribution >= 4 is 23.2 Å². The molecule has 0 radical (unpaired) electrons. The molecule has 1 amide bonds. The number of benzene rings is 2. The maximum absolute atomic E-state index is 12.8. The van der Waals surface area contributed by atoms with Crippen LogP contribution in [0.3, 0.4) is 0 Å². The summed E-state index contributed by atoms with van der Waals surface area (Å²) in [6.07, 6.45) is 0. The highest BCUT2D eigenvalue weighted by molar-refractivity contribution is 6.31. The monoisotopic (exact) mass is 426 g/mol. The van der Waals surface area contributed by atoms with Crippen molar-refractivity contribution < 1.29 is 9.53 Å². The number of aromatic nitrogens is 2. The van der Waals surface area contributed by atoms with Crippen LogP contribution in [-0.2, 0) is 11.3 Å². The Balaban J connectivity index is 1.75. The lowest BCUT2D eigenvalue weighted by Crippen LogP contribution is -2.39. The molecule has 30 heavy (non-hydrogen) atoms.